The molecular weight excluding hydrogens is 274 g/mol. The fourth-order valence-corrected chi connectivity index (χ4v) is 2.25. The van der Waals surface area contributed by atoms with Gasteiger partial charge in [0.25, 0.3) is 0 Å². The number of rotatable bonds is 4. The van der Waals surface area contributed by atoms with E-state index in [9.17, 15) is 0 Å². The molecule has 3 nitrogen and oxygen atoms in total. The third kappa shape index (κ3) is 3.26. The molecule has 3 aromatic rings. The number of ether oxygens (including phenoxy) is 1. The van der Waals surface area contributed by atoms with Crippen LogP contribution in [0, 0.1) is 6.92 Å². The molecule has 0 aliphatic rings. The highest BCUT2D eigenvalue weighted by Crippen LogP contribution is 2.21. The average molecular weight is 291 g/mol. The Kier molecular flexibility index (Phi) is 4.05. The molecule has 2 aromatic heterocycles. The number of aromatic nitrogens is 1. The summed E-state index contributed by atoms with van der Waals surface area (Å²) in [5.41, 5.74) is 4.02. The first-order valence-electron chi connectivity index (χ1n) is 7.09. The highest BCUT2D eigenvalue weighted by atomic mass is 16.5. The Hall–Kier alpha value is -2.81. The second-order valence-electron chi connectivity index (χ2n) is 5.01. The zero-order valence-electron chi connectivity index (χ0n) is 12.6. The fraction of sp³-hybridized carbons (Fsp3) is 0.105. The molecule has 0 atom stereocenters. The molecule has 0 aliphatic carbocycles. The van der Waals surface area contributed by atoms with Gasteiger partial charge in [-0.3, -0.25) is 0 Å². The summed E-state index contributed by atoms with van der Waals surface area (Å²) >= 11 is 0. The van der Waals surface area contributed by atoms with Crippen LogP contribution in [0.15, 0.2) is 59.2 Å². The molecule has 0 unspecified atom stereocenters. The minimum absolute atomic E-state index is 0.780. The van der Waals surface area contributed by atoms with E-state index in [1.165, 1.54) is 0 Å². The lowest BCUT2D eigenvalue weighted by molar-refractivity contribution is 0.415. The van der Waals surface area contributed by atoms with Crippen LogP contribution in [0.1, 0.15) is 16.8 Å². The Balaban J connectivity index is 1.86. The quantitative estimate of drug-likeness (QED) is 0.690. The molecule has 1 aromatic carbocycles. The van der Waals surface area contributed by atoms with Crippen LogP contribution >= 0.6 is 0 Å². The van der Waals surface area contributed by atoms with Crippen molar-refractivity contribution in [2.45, 2.75) is 6.92 Å². The first-order chi connectivity index (χ1) is 10.7. The molecule has 0 radical (unpaired) electrons. The van der Waals surface area contributed by atoms with Gasteiger partial charge in [0.2, 0.25) is 0 Å². The highest BCUT2D eigenvalue weighted by Gasteiger charge is 2.04. The van der Waals surface area contributed by atoms with Crippen LogP contribution in [0.25, 0.3) is 23.6 Å². The van der Waals surface area contributed by atoms with Gasteiger partial charge < -0.3 is 9.15 Å². The van der Waals surface area contributed by atoms with Crippen LogP contribution in [0.5, 0.6) is 5.75 Å². The molecule has 0 spiro atoms. The maximum Gasteiger partial charge on any atom is 0.152 e. The summed E-state index contributed by atoms with van der Waals surface area (Å²) in [7, 11) is 1.67. The van der Waals surface area contributed by atoms with Gasteiger partial charge in [-0.05, 0) is 54.4 Å². The predicted molar refractivity (Wildman–Crippen MR) is 88.6 cm³/mol. The van der Waals surface area contributed by atoms with Crippen molar-refractivity contribution >= 4 is 12.2 Å². The molecule has 22 heavy (non-hydrogen) atoms. The number of pyridine rings is 1. The Labute approximate surface area is 129 Å². The van der Waals surface area contributed by atoms with Crippen molar-refractivity contribution in [1.82, 2.24) is 4.98 Å². The van der Waals surface area contributed by atoms with Gasteiger partial charge in [0.15, 0.2) is 5.76 Å². The van der Waals surface area contributed by atoms with Gasteiger partial charge in [-0.25, -0.2) is 4.98 Å². The third-order valence-electron chi connectivity index (χ3n) is 3.33. The Morgan fingerprint density at radius 3 is 2.45 bits per heavy atom. The Morgan fingerprint density at radius 1 is 1.00 bits per heavy atom. The predicted octanol–water partition coefficient (Wildman–Crippen LogP) is 4.83. The maximum absolute atomic E-state index is 5.42. The van der Waals surface area contributed by atoms with Gasteiger partial charge in [-0.2, -0.15) is 0 Å². The Bertz CT molecular complexity index is 772. The molecule has 0 N–H and O–H groups in total. The summed E-state index contributed by atoms with van der Waals surface area (Å²) in [6.07, 6.45) is 5.80. The zero-order chi connectivity index (χ0) is 15.4. The van der Waals surface area contributed by atoms with E-state index in [2.05, 4.69) is 17.1 Å². The molecular formula is C19H17NO2. The molecule has 3 rings (SSSR count). The van der Waals surface area contributed by atoms with Crippen LogP contribution in [-0.2, 0) is 0 Å². The monoisotopic (exact) mass is 291 g/mol. The lowest BCUT2D eigenvalue weighted by Crippen LogP contribution is -1.87. The molecule has 0 bridgehead atoms. The number of methoxy groups -OCH3 is 1. The summed E-state index contributed by atoms with van der Waals surface area (Å²) in [4.78, 5) is 4.51. The highest BCUT2D eigenvalue weighted by molar-refractivity contribution is 5.72. The van der Waals surface area contributed by atoms with Crippen molar-refractivity contribution in [2.75, 3.05) is 7.11 Å². The van der Waals surface area contributed by atoms with Gasteiger partial charge in [0, 0.05) is 5.69 Å². The third-order valence-corrected chi connectivity index (χ3v) is 3.33. The van der Waals surface area contributed by atoms with E-state index in [4.69, 9.17) is 9.15 Å². The largest absolute Gasteiger partial charge is 0.497 e. The van der Waals surface area contributed by atoms with Gasteiger partial charge in [-0.15, -0.1) is 0 Å². The topological polar surface area (TPSA) is 35.3 Å². The molecule has 0 saturated carbocycles. The van der Waals surface area contributed by atoms with Crippen molar-refractivity contribution in [2.24, 2.45) is 0 Å². The minimum atomic E-state index is 0.780. The second-order valence-corrected chi connectivity index (χ2v) is 5.01. The van der Waals surface area contributed by atoms with E-state index in [0.29, 0.717) is 0 Å². The van der Waals surface area contributed by atoms with Gasteiger partial charge >= 0.3 is 0 Å². The van der Waals surface area contributed by atoms with E-state index in [-0.39, 0.29) is 0 Å². The Morgan fingerprint density at radius 2 is 1.77 bits per heavy atom. The lowest BCUT2D eigenvalue weighted by atomic mass is 10.1. The number of furan rings is 1. The standard InChI is InChI=1S/C19H17NO2/c1-14-12-16(13-18(20-14)19-4-3-11-22-19)6-5-15-7-9-17(21-2)10-8-15/h3-13H,1-2H3/b6-5+. The van der Waals surface area contributed by atoms with Crippen LogP contribution in [0.3, 0.4) is 0 Å². The van der Waals surface area contributed by atoms with Crippen molar-refractivity contribution in [1.29, 1.82) is 0 Å². The number of nitrogens with zero attached hydrogens (tertiary/aromatic N) is 1. The number of benzene rings is 1. The normalized spacial score (nSPS) is 11.0. The number of aryl methyl sites for hydroxylation is 1. The van der Waals surface area contributed by atoms with Crippen LogP contribution in [0.2, 0.25) is 0 Å². The van der Waals surface area contributed by atoms with Gasteiger partial charge in [-0.1, -0.05) is 24.3 Å². The van der Waals surface area contributed by atoms with Crippen molar-refractivity contribution < 1.29 is 9.15 Å². The van der Waals surface area contributed by atoms with Crippen LogP contribution in [0.4, 0.5) is 0 Å². The molecule has 0 saturated heterocycles. The summed E-state index contributed by atoms with van der Waals surface area (Å²) in [6, 6.07) is 15.8. The van der Waals surface area contributed by atoms with Crippen molar-refractivity contribution in [3.05, 3.63) is 71.6 Å². The summed E-state index contributed by atoms with van der Waals surface area (Å²) in [5.74, 6) is 1.64. The number of hydrogen-bond donors (Lipinski definition) is 0. The smallest absolute Gasteiger partial charge is 0.152 e. The SMILES string of the molecule is COc1ccc(/C=C/c2cc(C)nc(-c3ccco3)c2)cc1. The van der Waals surface area contributed by atoms with Gasteiger partial charge in [0.1, 0.15) is 11.4 Å². The van der Waals surface area contributed by atoms with Gasteiger partial charge in [0.05, 0.1) is 13.4 Å². The molecule has 0 aliphatic heterocycles. The van der Waals surface area contributed by atoms with E-state index in [1.54, 1.807) is 13.4 Å². The second kappa shape index (κ2) is 6.31. The van der Waals surface area contributed by atoms with Crippen LogP contribution < -0.4 is 4.74 Å². The summed E-state index contributed by atoms with van der Waals surface area (Å²) in [6.45, 7) is 1.98. The zero-order valence-corrected chi connectivity index (χ0v) is 12.6. The average Bonchev–Trinajstić information content (AvgIpc) is 3.07. The lowest BCUT2D eigenvalue weighted by Gasteiger charge is -2.02. The summed E-state index contributed by atoms with van der Waals surface area (Å²) in [5, 5.41) is 0. The van der Waals surface area contributed by atoms with Crippen molar-refractivity contribution in [3.8, 4) is 17.2 Å². The molecule has 110 valence electrons. The summed E-state index contributed by atoms with van der Waals surface area (Å²) < 4.78 is 10.6. The van der Waals surface area contributed by atoms with E-state index >= 15 is 0 Å². The molecule has 0 fully saturated rings. The minimum Gasteiger partial charge on any atom is -0.497 e. The van der Waals surface area contributed by atoms with Crippen LogP contribution in [-0.4, -0.2) is 12.1 Å². The first kappa shape index (κ1) is 14.1. The number of hydrogen-bond acceptors (Lipinski definition) is 3. The van der Waals surface area contributed by atoms with Crippen molar-refractivity contribution in [3.63, 3.8) is 0 Å². The molecule has 3 heteroatoms. The van der Waals surface area contributed by atoms with E-state index < -0.39 is 0 Å². The fourth-order valence-electron chi connectivity index (χ4n) is 2.25. The van der Waals surface area contributed by atoms with E-state index in [0.717, 1.165) is 34.0 Å². The maximum atomic E-state index is 5.42. The van der Waals surface area contributed by atoms with E-state index in [1.807, 2.05) is 55.5 Å². The first-order valence-corrected chi connectivity index (χ1v) is 7.09. The molecule has 0 amide bonds. The molecule has 2 heterocycles.